The second kappa shape index (κ2) is 5.07. The molecule has 0 radical (unpaired) electrons. The molecule has 0 aliphatic carbocycles. The van der Waals surface area contributed by atoms with E-state index >= 15 is 0 Å². The van der Waals surface area contributed by atoms with Crippen molar-refractivity contribution in [1.82, 2.24) is 10.6 Å². The quantitative estimate of drug-likeness (QED) is 0.738. The highest BCUT2D eigenvalue weighted by atomic mass is 19.4. The van der Waals surface area contributed by atoms with E-state index in [9.17, 15) is 18.0 Å². The van der Waals surface area contributed by atoms with Crippen molar-refractivity contribution in [3.8, 4) is 0 Å². The van der Waals surface area contributed by atoms with E-state index in [2.05, 4.69) is 10.6 Å². The van der Waals surface area contributed by atoms with Crippen LogP contribution in [0.3, 0.4) is 0 Å². The van der Waals surface area contributed by atoms with Crippen LogP contribution in [-0.2, 0) is 0 Å². The van der Waals surface area contributed by atoms with E-state index in [1.165, 1.54) is 6.92 Å². The van der Waals surface area contributed by atoms with Gasteiger partial charge in [0.25, 0.3) is 0 Å². The second-order valence-corrected chi connectivity index (χ2v) is 3.49. The van der Waals surface area contributed by atoms with Gasteiger partial charge in [0, 0.05) is 12.1 Å². The molecule has 0 rings (SSSR count). The molecule has 1 atom stereocenters. The van der Waals surface area contributed by atoms with Crippen molar-refractivity contribution in [2.24, 2.45) is 0 Å². The first-order valence-corrected chi connectivity index (χ1v) is 4.34. The van der Waals surface area contributed by atoms with Crippen LogP contribution in [0.5, 0.6) is 0 Å². The van der Waals surface area contributed by atoms with Crippen molar-refractivity contribution in [3.05, 3.63) is 0 Å². The Morgan fingerprint density at radius 3 is 2.07 bits per heavy atom. The van der Waals surface area contributed by atoms with Gasteiger partial charge in [0.2, 0.25) is 0 Å². The lowest BCUT2D eigenvalue weighted by molar-refractivity contribution is -0.138. The Kier molecular flexibility index (Phi) is 4.73. The highest BCUT2D eigenvalue weighted by molar-refractivity contribution is 5.74. The molecule has 14 heavy (non-hydrogen) atoms. The first-order chi connectivity index (χ1) is 6.20. The molecular formula is C8H15F3N2O. The molecule has 0 saturated heterocycles. The van der Waals surface area contributed by atoms with Crippen LogP contribution in [-0.4, -0.2) is 24.3 Å². The van der Waals surface area contributed by atoms with Crippen molar-refractivity contribution in [2.75, 3.05) is 0 Å². The minimum absolute atomic E-state index is 0.0897. The van der Waals surface area contributed by atoms with Gasteiger partial charge in [-0.25, -0.2) is 4.79 Å². The van der Waals surface area contributed by atoms with Crippen LogP contribution in [0.2, 0.25) is 0 Å². The molecule has 84 valence electrons. The highest BCUT2D eigenvalue weighted by Gasteiger charge is 2.30. The number of urea groups is 1. The molecule has 2 amide bonds. The van der Waals surface area contributed by atoms with E-state index in [4.69, 9.17) is 0 Å². The van der Waals surface area contributed by atoms with Crippen molar-refractivity contribution >= 4 is 6.03 Å². The molecule has 0 aliphatic rings. The van der Waals surface area contributed by atoms with Gasteiger partial charge < -0.3 is 10.6 Å². The number of alkyl halides is 3. The number of hydrogen-bond donors (Lipinski definition) is 2. The lowest BCUT2D eigenvalue weighted by atomic mass is 10.2. The van der Waals surface area contributed by atoms with Crippen LogP contribution in [0.1, 0.15) is 27.2 Å². The summed E-state index contributed by atoms with van der Waals surface area (Å²) in [6, 6.07) is -1.57. The number of hydrogen-bond acceptors (Lipinski definition) is 1. The van der Waals surface area contributed by atoms with Gasteiger partial charge in [0.15, 0.2) is 0 Å². The monoisotopic (exact) mass is 212 g/mol. The zero-order valence-electron chi connectivity index (χ0n) is 8.40. The summed E-state index contributed by atoms with van der Waals surface area (Å²) >= 11 is 0. The van der Waals surface area contributed by atoms with Crippen molar-refractivity contribution in [1.29, 1.82) is 0 Å². The molecule has 3 nitrogen and oxygen atoms in total. The predicted molar refractivity (Wildman–Crippen MR) is 46.9 cm³/mol. The van der Waals surface area contributed by atoms with Crippen LogP contribution in [0.25, 0.3) is 0 Å². The zero-order chi connectivity index (χ0) is 11.4. The summed E-state index contributed by atoms with van der Waals surface area (Å²) in [5.74, 6) is 0. The van der Waals surface area contributed by atoms with Crippen molar-refractivity contribution < 1.29 is 18.0 Å². The largest absolute Gasteiger partial charge is 0.391 e. The molecule has 0 bridgehead atoms. The van der Waals surface area contributed by atoms with E-state index in [1.807, 2.05) is 0 Å². The lowest BCUT2D eigenvalue weighted by Crippen LogP contribution is -2.44. The Balaban J connectivity index is 3.83. The van der Waals surface area contributed by atoms with Gasteiger partial charge in [-0.15, -0.1) is 0 Å². The van der Waals surface area contributed by atoms with Crippen LogP contribution < -0.4 is 10.6 Å². The fourth-order valence-electron chi connectivity index (χ4n) is 0.926. The summed E-state index contributed by atoms with van der Waals surface area (Å²) in [6.45, 7) is 4.77. The third-order valence-corrected chi connectivity index (χ3v) is 1.33. The smallest absolute Gasteiger partial charge is 0.336 e. The van der Waals surface area contributed by atoms with Gasteiger partial charge in [-0.3, -0.25) is 0 Å². The highest BCUT2D eigenvalue weighted by Crippen LogP contribution is 2.21. The number of nitrogens with one attached hydrogen (secondary N) is 2. The standard InChI is InChI=1S/C8H15F3N2O/c1-5(2)12-7(14)13-6(3)4-8(9,10)11/h5-6H,4H2,1-3H3,(H2,12,13,14). The molecule has 6 heteroatoms. The van der Waals surface area contributed by atoms with Crippen LogP contribution in [0.4, 0.5) is 18.0 Å². The maximum absolute atomic E-state index is 11.8. The minimum atomic E-state index is -4.25. The number of amides is 2. The SMILES string of the molecule is CC(C)NC(=O)NC(C)CC(F)(F)F. The molecule has 1 unspecified atom stereocenters. The van der Waals surface area contributed by atoms with Gasteiger partial charge in [0.05, 0.1) is 6.42 Å². The molecule has 0 aromatic heterocycles. The van der Waals surface area contributed by atoms with Gasteiger partial charge in [-0.05, 0) is 20.8 Å². The summed E-state index contributed by atoms with van der Waals surface area (Å²) in [6.07, 6.45) is -5.26. The molecule has 2 N–H and O–H groups in total. The maximum atomic E-state index is 11.8. The van der Waals surface area contributed by atoms with E-state index in [-0.39, 0.29) is 6.04 Å². The van der Waals surface area contributed by atoms with Gasteiger partial charge >= 0.3 is 12.2 Å². The Morgan fingerprint density at radius 2 is 1.71 bits per heavy atom. The Hall–Kier alpha value is -0.940. The molecule has 0 aromatic rings. The van der Waals surface area contributed by atoms with Crippen LogP contribution in [0, 0.1) is 0 Å². The molecule has 0 saturated carbocycles. The van der Waals surface area contributed by atoms with Crippen LogP contribution in [0.15, 0.2) is 0 Å². The fourth-order valence-corrected chi connectivity index (χ4v) is 0.926. The van der Waals surface area contributed by atoms with E-state index in [0.29, 0.717) is 0 Å². The van der Waals surface area contributed by atoms with Gasteiger partial charge in [-0.1, -0.05) is 0 Å². The normalized spacial score (nSPS) is 13.9. The summed E-state index contributed by atoms with van der Waals surface area (Å²) in [7, 11) is 0. The molecule has 0 aromatic carbocycles. The van der Waals surface area contributed by atoms with E-state index in [1.54, 1.807) is 13.8 Å². The fraction of sp³-hybridized carbons (Fsp3) is 0.875. The minimum Gasteiger partial charge on any atom is -0.336 e. The first kappa shape index (κ1) is 13.1. The molecule has 0 heterocycles. The average molecular weight is 212 g/mol. The molecule has 0 aliphatic heterocycles. The Labute approximate surface area is 81.1 Å². The van der Waals surface area contributed by atoms with Crippen LogP contribution >= 0.6 is 0 Å². The molecule has 0 spiro atoms. The topological polar surface area (TPSA) is 41.1 Å². The van der Waals surface area contributed by atoms with E-state index < -0.39 is 24.7 Å². The Bertz CT molecular complexity index is 192. The van der Waals surface area contributed by atoms with Gasteiger partial charge in [0.1, 0.15) is 0 Å². The number of carbonyl (C=O) groups excluding carboxylic acids is 1. The van der Waals surface area contributed by atoms with Crippen molar-refractivity contribution in [2.45, 2.75) is 45.5 Å². The van der Waals surface area contributed by atoms with E-state index in [0.717, 1.165) is 0 Å². The number of rotatable bonds is 3. The predicted octanol–water partition coefficient (Wildman–Crippen LogP) is 2.03. The summed E-state index contributed by atoms with van der Waals surface area (Å²) in [4.78, 5) is 11.0. The lowest BCUT2D eigenvalue weighted by Gasteiger charge is -2.17. The Morgan fingerprint density at radius 1 is 1.21 bits per heavy atom. The van der Waals surface area contributed by atoms with Crippen molar-refractivity contribution in [3.63, 3.8) is 0 Å². The zero-order valence-corrected chi connectivity index (χ0v) is 8.40. The number of carbonyl (C=O) groups is 1. The maximum Gasteiger partial charge on any atom is 0.391 e. The summed E-state index contributed by atoms with van der Waals surface area (Å²) in [5, 5.41) is 4.64. The average Bonchev–Trinajstić information content (AvgIpc) is 1.77. The van der Waals surface area contributed by atoms with Gasteiger partial charge in [-0.2, -0.15) is 13.2 Å². The molecular weight excluding hydrogens is 197 g/mol. The number of halogens is 3. The second-order valence-electron chi connectivity index (χ2n) is 3.49. The summed E-state index contributed by atoms with van der Waals surface area (Å²) in [5.41, 5.74) is 0. The molecule has 0 fully saturated rings. The third kappa shape index (κ3) is 7.70. The third-order valence-electron chi connectivity index (χ3n) is 1.33. The summed E-state index contributed by atoms with van der Waals surface area (Å²) < 4.78 is 35.5. The first-order valence-electron chi connectivity index (χ1n) is 4.34.